The van der Waals surface area contributed by atoms with Crippen LogP contribution in [0.1, 0.15) is 10.4 Å². The smallest absolute Gasteiger partial charge is 0.258 e. The molecule has 0 unspecified atom stereocenters. The van der Waals surface area contributed by atoms with E-state index in [1.807, 2.05) is 0 Å². The van der Waals surface area contributed by atoms with E-state index in [2.05, 4.69) is 5.32 Å². The molecule has 0 heterocycles. The molecule has 0 fully saturated rings. The van der Waals surface area contributed by atoms with Crippen LogP contribution >= 0.6 is 11.6 Å². The van der Waals surface area contributed by atoms with Gasteiger partial charge in [-0.3, -0.25) is 4.79 Å². The molecule has 2 rings (SSSR count). The van der Waals surface area contributed by atoms with E-state index < -0.39 is 32.9 Å². The van der Waals surface area contributed by atoms with Crippen LogP contribution in [-0.4, -0.2) is 20.6 Å². The van der Waals surface area contributed by atoms with Crippen molar-refractivity contribution < 1.29 is 22.0 Å². The van der Waals surface area contributed by atoms with Crippen LogP contribution in [0, 0.1) is 11.6 Å². The molecule has 2 aromatic carbocycles. The first-order chi connectivity index (χ1) is 10.2. The Bertz CT molecular complexity index is 853. The summed E-state index contributed by atoms with van der Waals surface area (Å²) in [6.07, 6.45) is 0.946. The van der Waals surface area contributed by atoms with Gasteiger partial charge >= 0.3 is 0 Å². The summed E-state index contributed by atoms with van der Waals surface area (Å²) in [5, 5.41) is 2.12. The molecule has 22 heavy (non-hydrogen) atoms. The van der Waals surface area contributed by atoms with E-state index in [1.165, 1.54) is 6.07 Å². The molecular formula is C14H10ClF2NO3S. The number of amides is 1. The van der Waals surface area contributed by atoms with E-state index in [1.54, 1.807) is 0 Å². The van der Waals surface area contributed by atoms with Gasteiger partial charge in [-0.15, -0.1) is 0 Å². The van der Waals surface area contributed by atoms with Crippen molar-refractivity contribution in [2.24, 2.45) is 0 Å². The minimum Gasteiger partial charge on any atom is -0.322 e. The molecule has 116 valence electrons. The maximum absolute atomic E-state index is 13.7. The van der Waals surface area contributed by atoms with Crippen LogP contribution in [0.3, 0.4) is 0 Å². The first-order valence-electron chi connectivity index (χ1n) is 5.94. The van der Waals surface area contributed by atoms with Crippen molar-refractivity contribution >= 4 is 33.0 Å². The van der Waals surface area contributed by atoms with Gasteiger partial charge in [0.1, 0.15) is 11.6 Å². The maximum Gasteiger partial charge on any atom is 0.258 e. The molecule has 4 nitrogen and oxygen atoms in total. The maximum atomic E-state index is 13.7. The van der Waals surface area contributed by atoms with E-state index in [4.69, 9.17) is 11.6 Å². The lowest BCUT2D eigenvalue weighted by Gasteiger charge is -2.08. The standard InChI is InChI=1S/C14H10ClF2NO3S/c1-22(20,21)9-3-5-12(16)10(7-9)14(19)18-8-2-4-13(17)11(15)6-8/h2-7H,1H3,(H,18,19). The first-order valence-corrected chi connectivity index (χ1v) is 8.21. The van der Waals surface area contributed by atoms with Gasteiger partial charge in [-0.25, -0.2) is 17.2 Å². The summed E-state index contributed by atoms with van der Waals surface area (Å²) < 4.78 is 49.6. The Morgan fingerprint density at radius 2 is 1.73 bits per heavy atom. The van der Waals surface area contributed by atoms with E-state index in [0.717, 1.165) is 36.6 Å². The largest absolute Gasteiger partial charge is 0.322 e. The van der Waals surface area contributed by atoms with Gasteiger partial charge in [0, 0.05) is 11.9 Å². The second kappa shape index (κ2) is 6.02. The lowest BCUT2D eigenvalue weighted by molar-refractivity contribution is 0.102. The van der Waals surface area contributed by atoms with Crippen molar-refractivity contribution in [2.75, 3.05) is 11.6 Å². The number of hydrogen-bond donors (Lipinski definition) is 1. The fraction of sp³-hybridized carbons (Fsp3) is 0.0714. The zero-order chi connectivity index (χ0) is 16.5. The van der Waals surface area contributed by atoms with Crippen LogP contribution in [0.4, 0.5) is 14.5 Å². The van der Waals surface area contributed by atoms with E-state index in [-0.39, 0.29) is 15.6 Å². The Morgan fingerprint density at radius 3 is 2.32 bits per heavy atom. The van der Waals surface area contributed by atoms with Gasteiger partial charge in [-0.05, 0) is 36.4 Å². The molecule has 0 radical (unpaired) electrons. The Balaban J connectivity index is 2.35. The normalized spacial score (nSPS) is 11.3. The summed E-state index contributed by atoms with van der Waals surface area (Å²) >= 11 is 5.58. The van der Waals surface area contributed by atoms with Gasteiger partial charge in [0.25, 0.3) is 5.91 Å². The van der Waals surface area contributed by atoms with Crippen molar-refractivity contribution in [2.45, 2.75) is 4.90 Å². The third-order valence-electron chi connectivity index (χ3n) is 2.79. The van der Waals surface area contributed by atoms with Crippen molar-refractivity contribution in [3.8, 4) is 0 Å². The predicted octanol–water partition coefficient (Wildman–Crippen LogP) is 3.27. The molecule has 0 aliphatic rings. The fourth-order valence-corrected chi connectivity index (χ4v) is 2.51. The van der Waals surface area contributed by atoms with Crippen LogP contribution in [0.5, 0.6) is 0 Å². The van der Waals surface area contributed by atoms with Crippen LogP contribution in [0.15, 0.2) is 41.3 Å². The quantitative estimate of drug-likeness (QED) is 0.868. The minimum absolute atomic E-state index is 0.153. The zero-order valence-electron chi connectivity index (χ0n) is 11.2. The van der Waals surface area contributed by atoms with Gasteiger partial charge in [-0.2, -0.15) is 0 Å². The predicted molar refractivity (Wildman–Crippen MR) is 78.9 cm³/mol. The Hall–Kier alpha value is -1.99. The molecular weight excluding hydrogens is 336 g/mol. The summed E-state index contributed by atoms with van der Waals surface area (Å²) in [4.78, 5) is 11.8. The first kappa shape index (κ1) is 16.4. The molecule has 1 N–H and O–H groups in total. The minimum atomic E-state index is -3.58. The van der Waals surface area contributed by atoms with Crippen molar-refractivity contribution in [3.63, 3.8) is 0 Å². The number of anilines is 1. The van der Waals surface area contributed by atoms with Crippen LogP contribution in [-0.2, 0) is 9.84 Å². The topological polar surface area (TPSA) is 63.2 Å². The Morgan fingerprint density at radius 1 is 1.09 bits per heavy atom. The van der Waals surface area contributed by atoms with Crippen molar-refractivity contribution in [1.29, 1.82) is 0 Å². The molecule has 0 saturated carbocycles. The number of halogens is 3. The number of sulfone groups is 1. The second-order valence-electron chi connectivity index (χ2n) is 4.50. The molecule has 0 spiro atoms. The lowest BCUT2D eigenvalue weighted by Crippen LogP contribution is -2.15. The number of carbonyl (C=O) groups is 1. The second-order valence-corrected chi connectivity index (χ2v) is 6.92. The van der Waals surface area contributed by atoms with Crippen LogP contribution in [0.25, 0.3) is 0 Å². The highest BCUT2D eigenvalue weighted by Gasteiger charge is 2.17. The molecule has 8 heteroatoms. The number of carbonyl (C=O) groups excluding carboxylic acids is 1. The summed E-state index contributed by atoms with van der Waals surface area (Å²) in [6, 6.07) is 6.34. The highest BCUT2D eigenvalue weighted by atomic mass is 35.5. The fourth-order valence-electron chi connectivity index (χ4n) is 1.68. The third kappa shape index (κ3) is 3.61. The molecule has 0 aromatic heterocycles. The van der Waals surface area contributed by atoms with Gasteiger partial charge in [-0.1, -0.05) is 11.6 Å². The van der Waals surface area contributed by atoms with Gasteiger partial charge in [0.2, 0.25) is 0 Å². The molecule has 2 aromatic rings. The summed E-state index contributed by atoms with van der Waals surface area (Å²) in [7, 11) is -3.58. The molecule has 0 bridgehead atoms. The van der Waals surface area contributed by atoms with Gasteiger partial charge in [0.05, 0.1) is 15.5 Å². The molecule has 0 atom stereocenters. The Kier molecular flexibility index (Phi) is 4.48. The highest BCUT2D eigenvalue weighted by Crippen LogP contribution is 2.21. The number of nitrogens with one attached hydrogen (secondary N) is 1. The lowest BCUT2D eigenvalue weighted by atomic mass is 10.2. The number of hydrogen-bond acceptors (Lipinski definition) is 3. The van der Waals surface area contributed by atoms with Crippen LogP contribution < -0.4 is 5.32 Å². The third-order valence-corrected chi connectivity index (χ3v) is 4.19. The van der Waals surface area contributed by atoms with Gasteiger partial charge in [0.15, 0.2) is 9.84 Å². The molecule has 1 amide bonds. The van der Waals surface area contributed by atoms with Crippen LogP contribution in [0.2, 0.25) is 5.02 Å². The van der Waals surface area contributed by atoms with E-state index in [9.17, 15) is 22.0 Å². The monoisotopic (exact) mass is 345 g/mol. The molecule has 0 aliphatic heterocycles. The zero-order valence-corrected chi connectivity index (χ0v) is 12.8. The molecule has 0 saturated heterocycles. The number of rotatable bonds is 3. The summed E-state index contributed by atoms with van der Waals surface area (Å²) in [5.74, 6) is -2.41. The van der Waals surface area contributed by atoms with Crippen molar-refractivity contribution in [3.05, 3.63) is 58.6 Å². The highest BCUT2D eigenvalue weighted by molar-refractivity contribution is 7.90. The summed E-state index contributed by atoms with van der Waals surface area (Å²) in [5.41, 5.74) is -0.288. The average Bonchev–Trinajstić information content (AvgIpc) is 2.42. The van der Waals surface area contributed by atoms with E-state index in [0.29, 0.717) is 0 Å². The van der Waals surface area contributed by atoms with Gasteiger partial charge < -0.3 is 5.32 Å². The van der Waals surface area contributed by atoms with Crippen molar-refractivity contribution in [1.82, 2.24) is 0 Å². The Labute approximate surface area is 130 Å². The summed E-state index contributed by atoms with van der Waals surface area (Å²) in [6.45, 7) is 0. The van der Waals surface area contributed by atoms with E-state index >= 15 is 0 Å². The molecule has 0 aliphatic carbocycles. The number of benzene rings is 2. The SMILES string of the molecule is CS(=O)(=O)c1ccc(F)c(C(=O)Nc2ccc(F)c(Cl)c2)c1. The average molecular weight is 346 g/mol.